The average Bonchev–Trinajstić information content (AvgIpc) is 2.51. The van der Waals surface area contributed by atoms with Gasteiger partial charge in [0.1, 0.15) is 11.1 Å². The van der Waals surface area contributed by atoms with Crippen LogP contribution >= 0.6 is 0 Å². The second-order valence-electron chi connectivity index (χ2n) is 6.08. The monoisotopic (exact) mass is 351 g/mol. The number of H-pyrrole nitrogens is 1. The van der Waals surface area contributed by atoms with E-state index in [1.807, 2.05) is 0 Å². The number of ether oxygens (including phenoxy) is 4. The minimum Gasteiger partial charge on any atom is -0.493 e. The number of nitrogens with one attached hydrogen (secondary N) is 2. The Morgan fingerprint density at radius 2 is 1.76 bits per heavy atom. The number of rotatable bonds is 4. The van der Waals surface area contributed by atoms with Crippen LogP contribution in [0.25, 0.3) is 10.9 Å². The molecule has 0 aliphatic rings. The summed E-state index contributed by atoms with van der Waals surface area (Å²) in [5.41, 5.74) is -0.944. The van der Waals surface area contributed by atoms with Crippen molar-refractivity contribution < 1.29 is 23.7 Å². The Hall–Kier alpha value is -2.97. The average molecular weight is 351 g/mol. The number of hydrogen-bond acceptors (Lipinski definition) is 7. The van der Waals surface area contributed by atoms with Crippen molar-refractivity contribution in [1.29, 1.82) is 0 Å². The fraction of sp³-hybridized carbons (Fsp3) is 0.438. The molecule has 0 radical (unpaired) electrons. The molecular weight excluding hydrogens is 330 g/mol. The Labute approximate surface area is 144 Å². The van der Waals surface area contributed by atoms with E-state index in [1.54, 1.807) is 20.8 Å². The molecule has 25 heavy (non-hydrogen) atoms. The Morgan fingerprint density at radius 3 is 2.28 bits per heavy atom. The van der Waals surface area contributed by atoms with E-state index in [9.17, 15) is 9.59 Å². The fourth-order valence-electron chi connectivity index (χ4n) is 2.20. The zero-order chi connectivity index (χ0) is 18.8. The predicted molar refractivity (Wildman–Crippen MR) is 91.9 cm³/mol. The molecule has 1 aromatic heterocycles. The summed E-state index contributed by atoms with van der Waals surface area (Å²) in [5.74, 6) is 0.762. The second-order valence-corrected chi connectivity index (χ2v) is 6.08. The van der Waals surface area contributed by atoms with E-state index in [0.29, 0.717) is 11.5 Å². The van der Waals surface area contributed by atoms with Gasteiger partial charge in [-0.25, -0.2) is 9.78 Å². The quantitative estimate of drug-likeness (QED) is 0.869. The van der Waals surface area contributed by atoms with Gasteiger partial charge in [-0.1, -0.05) is 0 Å². The van der Waals surface area contributed by atoms with E-state index in [0.717, 1.165) is 0 Å². The van der Waals surface area contributed by atoms with Crippen LogP contribution in [0.3, 0.4) is 0 Å². The van der Waals surface area contributed by atoms with Crippen molar-refractivity contribution in [1.82, 2.24) is 9.97 Å². The smallest absolute Gasteiger partial charge is 0.414 e. The van der Waals surface area contributed by atoms with Crippen LogP contribution in [0.5, 0.6) is 17.2 Å². The third-order valence-electron chi connectivity index (χ3n) is 3.12. The van der Waals surface area contributed by atoms with Gasteiger partial charge in [-0.05, 0) is 26.8 Å². The Kier molecular flexibility index (Phi) is 5.05. The summed E-state index contributed by atoms with van der Waals surface area (Å²) < 4.78 is 21.0. The number of benzene rings is 1. The van der Waals surface area contributed by atoms with Crippen LogP contribution in [0.1, 0.15) is 20.8 Å². The van der Waals surface area contributed by atoms with Crippen LogP contribution in [0.15, 0.2) is 10.9 Å². The normalized spacial score (nSPS) is 11.1. The molecule has 9 nitrogen and oxygen atoms in total. The second kappa shape index (κ2) is 6.88. The van der Waals surface area contributed by atoms with E-state index in [1.165, 1.54) is 27.4 Å². The van der Waals surface area contributed by atoms with Gasteiger partial charge in [0.2, 0.25) is 11.7 Å². The number of aromatic amines is 1. The molecule has 0 spiro atoms. The fourth-order valence-corrected chi connectivity index (χ4v) is 2.20. The number of nitrogens with zero attached hydrogens (tertiary/aromatic N) is 1. The standard InChI is InChI=1S/C16H21N3O6/c1-16(2,3)25-15(21)19-14-17-10-8(13(20)18-14)7-9(22-4)11(23-5)12(10)24-6/h7H,1-6H3,(H2,17,18,19,20,21). The molecule has 136 valence electrons. The van der Waals surface area contributed by atoms with Gasteiger partial charge in [0.15, 0.2) is 11.5 Å². The molecule has 1 amide bonds. The van der Waals surface area contributed by atoms with Gasteiger partial charge in [0, 0.05) is 0 Å². The highest BCUT2D eigenvalue weighted by Crippen LogP contribution is 2.41. The SMILES string of the molecule is COc1cc2c(=O)[nH]c(NC(=O)OC(C)(C)C)nc2c(OC)c1OC. The molecule has 0 bridgehead atoms. The van der Waals surface area contributed by atoms with Crippen molar-refractivity contribution in [2.45, 2.75) is 26.4 Å². The largest absolute Gasteiger partial charge is 0.493 e. The highest BCUT2D eigenvalue weighted by molar-refractivity contribution is 5.91. The summed E-state index contributed by atoms with van der Waals surface area (Å²) in [6.45, 7) is 5.18. The van der Waals surface area contributed by atoms with E-state index in [2.05, 4.69) is 15.3 Å². The topological polar surface area (TPSA) is 112 Å². The van der Waals surface area contributed by atoms with Crippen LogP contribution in [0, 0.1) is 0 Å². The maximum Gasteiger partial charge on any atom is 0.414 e. The maximum absolute atomic E-state index is 12.4. The number of aromatic nitrogens is 2. The minimum absolute atomic E-state index is 0.0720. The Bertz CT molecular complexity index is 854. The molecule has 1 heterocycles. The van der Waals surface area contributed by atoms with Crippen LogP contribution in [-0.2, 0) is 4.74 Å². The first-order valence-electron chi connectivity index (χ1n) is 7.43. The summed E-state index contributed by atoms with van der Waals surface area (Å²) in [5, 5.41) is 2.62. The number of fused-ring (bicyclic) bond motifs is 1. The summed E-state index contributed by atoms with van der Waals surface area (Å²) in [7, 11) is 4.31. The van der Waals surface area contributed by atoms with E-state index >= 15 is 0 Å². The first-order chi connectivity index (χ1) is 11.7. The lowest BCUT2D eigenvalue weighted by molar-refractivity contribution is 0.0634. The van der Waals surface area contributed by atoms with Gasteiger partial charge in [0.05, 0.1) is 26.7 Å². The van der Waals surface area contributed by atoms with Crippen LogP contribution in [0.4, 0.5) is 10.7 Å². The molecule has 0 saturated heterocycles. The molecule has 0 fully saturated rings. The van der Waals surface area contributed by atoms with E-state index in [-0.39, 0.29) is 22.6 Å². The molecule has 0 unspecified atom stereocenters. The molecule has 2 N–H and O–H groups in total. The van der Waals surface area contributed by atoms with Crippen LogP contribution in [-0.4, -0.2) is 43.0 Å². The highest BCUT2D eigenvalue weighted by atomic mass is 16.6. The van der Waals surface area contributed by atoms with Gasteiger partial charge in [-0.15, -0.1) is 0 Å². The molecule has 1 aromatic carbocycles. The predicted octanol–water partition coefficient (Wildman–Crippen LogP) is 2.30. The van der Waals surface area contributed by atoms with Gasteiger partial charge in [0.25, 0.3) is 5.56 Å². The number of carbonyl (C=O) groups excluding carboxylic acids is 1. The Morgan fingerprint density at radius 1 is 1.12 bits per heavy atom. The van der Waals surface area contributed by atoms with Crippen molar-refractivity contribution in [3.63, 3.8) is 0 Å². The Balaban J connectivity index is 2.57. The molecule has 9 heteroatoms. The summed E-state index contributed by atoms with van der Waals surface area (Å²) in [6.07, 6.45) is -0.741. The van der Waals surface area contributed by atoms with Crippen LogP contribution in [0.2, 0.25) is 0 Å². The van der Waals surface area contributed by atoms with Crippen molar-refractivity contribution in [2.24, 2.45) is 0 Å². The summed E-state index contributed by atoms with van der Waals surface area (Å²) in [4.78, 5) is 31.0. The zero-order valence-electron chi connectivity index (χ0n) is 15.0. The molecule has 0 aliphatic carbocycles. The molecule has 0 atom stereocenters. The number of carbonyl (C=O) groups is 1. The first kappa shape index (κ1) is 18.4. The van der Waals surface area contributed by atoms with E-state index in [4.69, 9.17) is 18.9 Å². The van der Waals surface area contributed by atoms with E-state index < -0.39 is 17.3 Å². The van der Waals surface area contributed by atoms with Gasteiger partial charge in [-0.2, -0.15) is 0 Å². The summed E-state index contributed by atoms with van der Waals surface area (Å²) >= 11 is 0. The van der Waals surface area contributed by atoms with Gasteiger partial charge in [-0.3, -0.25) is 15.1 Å². The lowest BCUT2D eigenvalue weighted by atomic mass is 10.2. The summed E-state index contributed by atoms with van der Waals surface area (Å²) in [6, 6.07) is 1.49. The molecule has 2 rings (SSSR count). The molecule has 2 aromatic rings. The zero-order valence-corrected chi connectivity index (χ0v) is 15.0. The maximum atomic E-state index is 12.4. The number of anilines is 1. The van der Waals surface area contributed by atoms with Gasteiger partial charge >= 0.3 is 6.09 Å². The lowest BCUT2D eigenvalue weighted by Crippen LogP contribution is -2.28. The lowest BCUT2D eigenvalue weighted by Gasteiger charge is -2.19. The number of amides is 1. The number of hydrogen-bond donors (Lipinski definition) is 2. The number of methoxy groups -OCH3 is 3. The van der Waals surface area contributed by atoms with Crippen LogP contribution < -0.4 is 25.1 Å². The molecule has 0 aliphatic heterocycles. The van der Waals surface area contributed by atoms with Crippen molar-refractivity contribution in [3.8, 4) is 17.2 Å². The van der Waals surface area contributed by atoms with Crippen molar-refractivity contribution in [2.75, 3.05) is 26.6 Å². The minimum atomic E-state index is -0.741. The molecule has 0 saturated carbocycles. The first-order valence-corrected chi connectivity index (χ1v) is 7.43. The van der Waals surface area contributed by atoms with Crippen molar-refractivity contribution >= 4 is 22.9 Å². The third-order valence-corrected chi connectivity index (χ3v) is 3.12. The highest BCUT2D eigenvalue weighted by Gasteiger charge is 2.21. The van der Waals surface area contributed by atoms with Crippen molar-refractivity contribution in [3.05, 3.63) is 16.4 Å². The molecular formula is C16H21N3O6. The van der Waals surface area contributed by atoms with Gasteiger partial charge < -0.3 is 18.9 Å². The third kappa shape index (κ3) is 3.93.